The van der Waals surface area contributed by atoms with Gasteiger partial charge in [0.25, 0.3) is 5.91 Å². The largest absolute Gasteiger partial charge is 0.396 e. The van der Waals surface area contributed by atoms with Crippen molar-refractivity contribution < 1.29 is 14.4 Å². The Hall–Kier alpha value is -1.40. The van der Waals surface area contributed by atoms with Crippen molar-refractivity contribution in [2.24, 2.45) is 5.73 Å². The van der Waals surface area contributed by atoms with Crippen LogP contribution < -0.4 is 11.1 Å². The van der Waals surface area contributed by atoms with Gasteiger partial charge in [0.15, 0.2) is 5.69 Å². The molecule has 1 aliphatic carbocycles. The lowest BCUT2D eigenvalue weighted by atomic mass is 9.92. The van der Waals surface area contributed by atoms with Crippen molar-refractivity contribution in [2.45, 2.75) is 44.2 Å². The van der Waals surface area contributed by atoms with Crippen molar-refractivity contribution in [1.29, 1.82) is 0 Å². The first kappa shape index (κ1) is 13.0. The van der Waals surface area contributed by atoms with Gasteiger partial charge in [0.2, 0.25) is 0 Å². The molecule has 6 nitrogen and oxygen atoms in total. The number of nitrogens with one attached hydrogen (secondary N) is 1. The number of rotatable bonds is 4. The van der Waals surface area contributed by atoms with Crippen LogP contribution >= 0.6 is 0 Å². The molecule has 2 rings (SSSR count). The van der Waals surface area contributed by atoms with Crippen LogP contribution in [0.3, 0.4) is 0 Å². The van der Waals surface area contributed by atoms with Gasteiger partial charge in [0, 0.05) is 24.6 Å². The fourth-order valence-electron chi connectivity index (χ4n) is 2.17. The standard InChI is InChI=1S/C12H19N3O3/c13-8-1-3-9(4-2-8)14-12(17)11-7-10(5-6-16)18-15-11/h7-9,16H,1-6,13H2,(H,14,17). The molecule has 1 aromatic heterocycles. The molecule has 0 atom stereocenters. The summed E-state index contributed by atoms with van der Waals surface area (Å²) >= 11 is 0. The molecule has 18 heavy (non-hydrogen) atoms. The number of carbonyl (C=O) groups excluding carboxylic acids is 1. The second kappa shape index (κ2) is 5.97. The van der Waals surface area contributed by atoms with Crippen LogP contribution in [-0.2, 0) is 6.42 Å². The van der Waals surface area contributed by atoms with Crippen molar-refractivity contribution >= 4 is 5.91 Å². The highest BCUT2D eigenvalue weighted by atomic mass is 16.5. The van der Waals surface area contributed by atoms with Gasteiger partial charge >= 0.3 is 0 Å². The molecule has 1 aromatic rings. The Bertz CT molecular complexity index is 397. The second-order valence-corrected chi connectivity index (χ2v) is 4.74. The molecule has 0 aliphatic heterocycles. The number of hydrogen-bond acceptors (Lipinski definition) is 5. The van der Waals surface area contributed by atoms with E-state index in [0.29, 0.717) is 12.2 Å². The van der Waals surface area contributed by atoms with Gasteiger partial charge in [0.05, 0.1) is 6.61 Å². The minimum Gasteiger partial charge on any atom is -0.396 e. The predicted molar refractivity (Wildman–Crippen MR) is 65.0 cm³/mol. The molecule has 6 heteroatoms. The maximum absolute atomic E-state index is 11.9. The quantitative estimate of drug-likeness (QED) is 0.712. The van der Waals surface area contributed by atoms with Gasteiger partial charge in [-0.25, -0.2) is 0 Å². The number of amides is 1. The Morgan fingerprint density at radius 3 is 2.89 bits per heavy atom. The molecule has 0 saturated heterocycles. The van der Waals surface area contributed by atoms with Crippen molar-refractivity contribution in [3.8, 4) is 0 Å². The summed E-state index contributed by atoms with van der Waals surface area (Å²) in [6, 6.07) is 2.01. The first-order chi connectivity index (χ1) is 8.69. The maximum Gasteiger partial charge on any atom is 0.273 e. The smallest absolute Gasteiger partial charge is 0.273 e. The summed E-state index contributed by atoms with van der Waals surface area (Å²) in [7, 11) is 0. The lowest BCUT2D eigenvalue weighted by Gasteiger charge is -2.26. The minimum atomic E-state index is -0.219. The second-order valence-electron chi connectivity index (χ2n) is 4.74. The third kappa shape index (κ3) is 3.30. The zero-order valence-corrected chi connectivity index (χ0v) is 10.3. The molecular formula is C12H19N3O3. The molecule has 4 N–H and O–H groups in total. The van der Waals surface area contributed by atoms with E-state index in [1.165, 1.54) is 0 Å². The number of hydrogen-bond donors (Lipinski definition) is 3. The van der Waals surface area contributed by atoms with E-state index in [9.17, 15) is 4.79 Å². The zero-order chi connectivity index (χ0) is 13.0. The monoisotopic (exact) mass is 253 g/mol. The van der Waals surface area contributed by atoms with Crippen LogP contribution in [0.1, 0.15) is 41.9 Å². The summed E-state index contributed by atoms with van der Waals surface area (Å²) in [5.74, 6) is 0.303. The Balaban J connectivity index is 1.86. The van der Waals surface area contributed by atoms with E-state index in [1.807, 2.05) is 0 Å². The third-order valence-electron chi connectivity index (χ3n) is 3.26. The van der Waals surface area contributed by atoms with Crippen molar-refractivity contribution in [1.82, 2.24) is 10.5 Å². The van der Waals surface area contributed by atoms with Crippen LogP contribution in [-0.4, -0.2) is 34.9 Å². The number of aliphatic hydroxyl groups is 1. The number of aliphatic hydroxyl groups excluding tert-OH is 1. The average molecular weight is 253 g/mol. The van der Waals surface area contributed by atoms with Crippen LogP contribution in [0.5, 0.6) is 0 Å². The molecule has 0 bridgehead atoms. The molecule has 0 unspecified atom stereocenters. The Morgan fingerprint density at radius 1 is 1.50 bits per heavy atom. The number of nitrogens with two attached hydrogens (primary N) is 1. The van der Waals surface area contributed by atoms with E-state index in [4.69, 9.17) is 15.4 Å². The summed E-state index contributed by atoms with van der Waals surface area (Å²) < 4.78 is 4.94. The minimum absolute atomic E-state index is 0.0171. The molecule has 1 amide bonds. The lowest BCUT2D eigenvalue weighted by molar-refractivity contribution is 0.0916. The fourth-order valence-corrected chi connectivity index (χ4v) is 2.17. The average Bonchev–Trinajstić information content (AvgIpc) is 2.81. The first-order valence-corrected chi connectivity index (χ1v) is 6.32. The van der Waals surface area contributed by atoms with E-state index >= 15 is 0 Å². The van der Waals surface area contributed by atoms with Crippen molar-refractivity contribution in [2.75, 3.05) is 6.61 Å². The number of nitrogens with zero attached hydrogens (tertiary/aromatic N) is 1. The van der Waals surface area contributed by atoms with E-state index in [1.54, 1.807) is 6.07 Å². The Kier molecular flexibility index (Phi) is 4.33. The van der Waals surface area contributed by atoms with Gasteiger partial charge in [-0.15, -0.1) is 0 Å². The topological polar surface area (TPSA) is 101 Å². The predicted octanol–water partition coefficient (Wildman–Crippen LogP) is 0.209. The normalized spacial score (nSPS) is 23.9. The molecule has 0 aromatic carbocycles. The fraction of sp³-hybridized carbons (Fsp3) is 0.667. The van der Waals surface area contributed by atoms with Gasteiger partial charge in [-0.1, -0.05) is 5.16 Å². The van der Waals surface area contributed by atoms with Crippen LogP contribution in [0, 0.1) is 0 Å². The highest BCUT2D eigenvalue weighted by Gasteiger charge is 2.21. The molecule has 1 saturated carbocycles. The van der Waals surface area contributed by atoms with Gasteiger partial charge in [0.1, 0.15) is 5.76 Å². The Labute approximate surface area is 106 Å². The zero-order valence-electron chi connectivity index (χ0n) is 10.3. The summed E-state index contributed by atoms with van der Waals surface area (Å²) in [6.45, 7) is -0.0171. The van der Waals surface area contributed by atoms with Crippen LogP contribution in [0.15, 0.2) is 10.6 Å². The van der Waals surface area contributed by atoms with E-state index < -0.39 is 0 Å². The van der Waals surface area contributed by atoms with Crippen LogP contribution in [0.4, 0.5) is 0 Å². The van der Waals surface area contributed by atoms with E-state index in [0.717, 1.165) is 25.7 Å². The number of aromatic nitrogens is 1. The van der Waals surface area contributed by atoms with Gasteiger partial charge in [-0.05, 0) is 25.7 Å². The van der Waals surface area contributed by atoms with Gasteiger partial charge in [-0.3, -0.25) is 4.79 Å². The summed E-state index contributed by atoms with van der Waals surface area (Å²) in [5.41, 5.74) is 6.08. The summed E-state index contributed by atoms with van der Waals surface area (Å²) in [5, 5.41) is 15.4. The van der Waals surface area contributed by atoms with Crippen LogP contribution in [0.2, 0.25) is 0 Å². The molecule has 1 heterocycles. The summed E-state index contributed by atoms with van der Waals surface area (Å²) in [6.07, 6.45) is 4.08. The van der Waals surface area contributed by atoms with Crippen molar-refractivity contribution in [3.63, 3.8) is 0 Å². The highest BCUT2D eigenvalue weighted by Crippen LogP contribution is 2.17. The molecule has 1 aliphatic rings. The highest BCUT2D eigenvalue weighted by molar-refractivity contribution is 5.92. The van der Waals surface area contributed by atoms with Crippen molar-refractivity contribution in [3.05, 3.63) is 17.5 Å². The first-order valence-electron chi connectivity index (χ1n) is 6.32. The molecule has 0 radical (unpaired) electrons. The van der Waals surface area contributed by atoms with Gasteiger partial charge in [-0.2, -0.15) is 0 Å². The van der Waals surface area contributed by atoms with E-state index in [-0.39, 0.29) is 30.3 Å². The molecular weight excluding hydrogens is 234 g/mol. The SMILES string of the molecule is NC1CCC(NC(=O)c2cc(CCO)on2)CC1. The Morgan fingerprint density at radius 2 is 2.22 bits per heavy atom. The molecule has 1 fully saturated rings. The molecule has 100 valence electrons. The molecule has 0 spiro atoms. The summed E-state index contributed by atoms with van der Waals surface area (Å²) in [4.78, 5) is 11.9. The maximum atomic E-state index is 11.9. The lowest BCUT2D eigenvalue weighted by Crippen LogP contribution is -2.40. The van der Waals surface area contributed by atoms with Crippen LogP contribution in [0.25, 0.3) is 0 Å². The van der Waals surface area contributed by atoms with Gasteiger partial charge < -0.3 is 20.7 Å². The number of carbonyl (C=O) groups is 1. The van der Waals surface area contributed by atoms with E-state index in [2.05, 4.69) is 10.5 Å². The third-order valence-corrected chi connectivity index (χ3v) is 3.26.